The van der Waals surface area contributed by atoms with Crippen LogP contribution in [-0.2, 0) is 17.8 Å². The van der Waals surface area contributed by atoms with Gasteiger partial charge in [0.2, 0.25) is 5.91 Å². The van der Waals surface area contributed by atoms with Gasteiger partial charge in [-0.25, -0.2) is 0 Å². The fourth-order valence-corrected chi connectivity index (χ4v) is 4.62. The molecule has 1 saturated heterocycles. The zero-order chi connectivity index (χ0) is 19.8. The number of piperidine rings is 1. The lowest BCUT2D eigenvalue weighted by Gasteiger charge is -2.35. The third-order valence-electron chi connectivity index (χ3n) is 6.25. The van der Waals surface area contributed by atoms with Gasteiger partial charge in [0.25, 0.3) is 5.91 Å². The monoisotopic (exact) mass is 388 g/mol. The molecule has 3 aromatic rings. The Hall–Kier alpha value is -3.15. The van der Waals surface area contributed by atoms with Crippen LogP contribution in [0.25, 0.3) is 10.9 Å². The van der Waals surface area contributed by atoms with Crippen molar-refractivity contribution in [3.05, 3.63) is 65.6 Å². The van der Waals surface area contributed by atoms with Crippen LogP contribution in [0.4, 0.5) is 0 Å². The van der Waals surface area contributed by atoms with E-state index in [-0.39, 0.29) is 17.7 Å². The summed E-state index contributed by atoms with van der Waals surface area (Å²) < 4.78 is 0. The Bertz CT molecular complexity index is 1050. The average Bonchev–Trinajstić information content (AvgIpc) is 3.17. The molecule has 4 heterocycles. The SMILES string of the molecule is O=C(c1ccncc1)N1CCC(C(=O)N2CCc3[nH]c4ccccc4c3C2)CC1. The molecule has 2 aliphatic heterocycles. The quantitative estimate of drug-likeness (QED) is 0.734. The van der Waals surface area contributed by atoms with Crippen molar-refractivity contribution < 1.29 is 9.59 Å². The molecule has 0 radical (unpaired) electrons. The minimum absolute atomic E-state index is 0.00301. The van der Waals surface area contributed by atoms with Gasteiger partial charge >= 0.3 is 0 Å². The summed E-state index contributed by atoms with van der Waals surface area (Å²) in [7, 11) is 0. The molecule has 1 fully saturated rings. The second-order valence-electron chi connectivity index (χ2n) is 7.94. The number of rotatable bonds is 2. The average molecular weight is 388 g/mol. The lowest BCUT2D eigenvalue weighted by atomic mass is 9.93. The molecule has 2 aromatic heterocycles. The van der Waals surface area contributed by atoms with Crippen LogP contribution < -0.4 is 0 Å². The molecular weight excluding hydrogens is 364 g/mol. The van der Waals surface area contributed by atoms with Crippen LogP contribution in [0.5, 0.6) is 0 Å². The number of aromatic nitrogens is 2. The summed E-state index contributed by atoms with van der Waals surface area (Å²) in [6.45, 7) is 2.69. The Labute approximate surface area is 169 Å². The minimum atomic E-state index is 0.00301. The number of carbonyl (C=O) groups excluding carboxylic acids is 2. The van der Waals surface area contributed by atoms with Crippen molar-refractivity contribution in [2.24, 2.45) is 5.92 Å². The third kappa shape index (κ3) is 3.28. The first-order chi connectivity index (χ1) is 14.2. The van der Waals surface area contributed by atoms with E-state index in [4.69, 9.17) is 0 Å². The Balaban J connectivity index is 1.24. The third-order valence-corrected chi connectivity index (χ3v) is 6.25. The number of amides is 2. The van der Waals surface area contributed by atoms with E-state index in [1.807, 2.05) is 21.9 Å². The van der Waals surface area contributed by atoms with Crippen molar-refractivity contribution in [3.63, 3.8) is 0 Å². The first-order valence-corrected chi connectivity index (χ1v) is 10.3. The van der Waals surface area contributed by atoms with E-state index in [0.717, 1.165) is 31.3 Å². The van der Waals surface area contributed by atoms with E-state index in [0.29, 0.717) is 25.2 Å². The van der Waals surface area contributed by atoms with Crippen molar-refractivity contribution in [1.29, 1.82) is 0 Å². The molecule has 148 valence electrons. The molecule has 0 spiro atoms. The summed E-state index contributed by atoms with van der Waals surface area (Å²) >= 11 is 0. The molecule has 29 heavy (non-hydrogen) atoms. The molecular formula is C23H24N4O2. The standard InChI is InChI=1S/C23H24N4O2/c28-22(16-5-10-24-11-6-16)26-12-7-17(8-13-26)23(29)27-14-9-21-19(15-27)18-3-1-2-4-20(18)25-21/h1-6,10-11,17,25H,7-9,12-15H2. The molecule has 0 atom stereocenters. The maximum Gasteiger partial charge on any atom is 0.253 e. The zero-order valence-corrected chi connectivity index (χ0v) is 16.3. The summed E-state index contributed by atoms with van der Waals surface area (Å²) in [6.07, 6.45) is 5.60. The van der Waals surface area contributed by atoms with Gasteiger partial charge in [-0.2, -0.15) is 0 Å². The molecule has 1 N–H and O–H groups in total. The summed E-state index contributed by atoms with van der Waals surface area (Å²) in [5, 5.41) is 1.22. The fourth-order valence-electron chi connectivity index (χ4n) is 4.62. The molecule has 2 aliphatic rings. The van der Waals surface area contributed by atoms with Crippen LogP contribution in [0, 0.1) is 5.92 Å². The van der Waals surface area contributed by atoms with Crippen LogP contribution >= 0.6 is 0 Å². The van der Waals surface area contributed by atoms with Gasteiger partial charge in [-0.05, 0) is 31.0 Å². The number of hydrogen-bond acceptors (Lipinski definition) is 3. The minimum Gasteiger partial charge on any atom is -0.358 e. The highest BCUT2D eigenvalue weighted by Gasteiger charge is 2.32. The van der Waals surface area contributed by atoms with Gasteiger partial charge in [-0.15, -0.1) is 0 Å². The molecule has 2 amide bonds. The molecule has 0 bridgehead atoms. The maximum atomic E-state index is 13.2. The number of benzene rings is 1. The van der Waals surface area contributed by atoms with Crippen molar-refractivity contribution in [2.45, 2.75) is 25.8 Å². The Morgan fingerprint density at radius 1 is 0.966 bits per heavy atom. The number of nitrogens with zero attached hydrogens (tertiary/aromatic N) is 3. The van der Waals surface area contributed by atoms with Crippen LogP contribution in [0.1, 0.15) is 34.5 Å². The maximum absolute atomic E-state index is 13.2. The molecule has 0 aliphatic carbocycles. The first kappa shape index (κ1) is 17.9. The summed E-state index contributed by atoms with van der Waals surface area (Å²) in [6, 6.07) is 11.8. The number of hydrogen-bond donors (Lipinski definition) is 1. The number of fused-ring (bicyclic) bond motifs is 3. The van der Waals surface area contributed by atoms with Crippen molar-refractivity contribution >= 4 is 22.7 Å². The summed E-state index contributed by atoms with van der Waals surface area (Å²) in [5.41, 5.74) is 4.32. The number of carbonyl (C=O) groups is 2. The van der Waals surface area contributed by atoms with Crippen LogP contribution in [-0.4, -0.2) is 51.2 Å². The normalized spacial score (nSPS) is 17.4. The number of H-pyrrole nitrogens is 1. The van der Waals surface area contributed by atoms with Gasteiger partial charge in [-0.1, -0.05) is 18.2 Å². The van der Waals surface area contributed by atoms with Crippen LogP contribution in [0.2, 0.25) is 0 Å². The van der Waals surface area contributed by atoms with Gasteiger partial charge in [-0.3, -0.25) is 14.6 Å². The van der Waals surface area contributed by atoms with E-state index in [1.165, 1.54) is 16.6 Å². The van der Waals surface area contributed by atoms with E-state index in [9.17, 15) is 9.59 Å². The number of nitrogens with one attached hydrogen (secondary N) is 1. The molecule has 5 rings (SSSR count). The second kappa shape index (κ2) is 7.35. The van der Waals surface area contributed by atoms with Gasteiger partial charge in [0.1, 0.15) is 0 Å². The summed E-state index contributed by atoms with van der Waals surface area (Å²) in [4.78, 5) is 37.1. The zero-order valence-electron chi connectivity index (χ0n) is 16.3. The van der Waals surface area contributed by atoms with Crippen LogP contribution in [0.3, 0.4) is 0 Å². The number of likely N-dealkylation sites (tertiary alicyclic amines) is 1. The fraction of sp³-hybridized carbons (Fsp3) is 0.348. The van der Waals surface area contributed by atoms with Crippen LogP contribution in [0.15, 0.2) is 48.8 Å². The summed E-state index contributed by atoms with van der Waals surface area (Å²) in [5.74, 6) is 0.264. The van der Waals surface area contributed by atoms with E-state index in [2.05, 4.69) is 22.1 Å². The van der Waals surface area contributed by atoms with Gasteiger partial charge in [0, 0.05) is 78.6 Å². The highest BCUT2D eigenvalue weighted by molar-refractivity contribution is 5.94. The van der Waals surface area contributed by atoms with Gasteiger partial charge in [0.15, 0.2) is 0 Å². The molecule has 6 heteroatoms. The predicted octanol–water partition coefficient (Wildman–Crippen LogP) is 3.00. The van der Waals surface area contributed by atoms with Crippen molar-refractivity contribution in [2.75, 3.05) is 19.6 Å². The van der Waals surface area contributed by atoms with Crippen molar-refractivity contribution in [3.8, 4) is 0 Å². The number of aromatic amines is 1. The first-order valence-electron chi connectivity index (χ1n) is 10.3. The lowest BCUT2D eigenvalue weighted by Crippen LogP contribution is -2.45. The predicted molar refractivity (Wildman–Crippen MR) is 110 cm³/mol. The Morgan fingerprint density at radius 2 is 1.72 bits per heavy atom. The topological polar surface area (TPSA) is 69.3 Å². The highest BCUT2D eigenvalue weighted by Crippen LogP contribution is 2.29. The van der Waals surface area contributed by atoms with E-state index >= 15 is 0 Å². The number of pyridine rings is 1. The highest BCUT2D eigenvalue weighted by atomic mass is 16.2. The number of para-hydroxylation sites is 1. The molecule has 0 unspecified atom stereocenters. The second-order valence-corrected chi connectivity index (χ2v) is 7.94. The molecule has 0 saturated carbocycles. The van der Waals surface area contributed by atoms with E-state index in [1.54, 1.807) is 24.5 Å². The molecule has 6 nitrogen and oxygen atoms in total. The van der Waals surface area contributed by atoms with Gasteiger partial charge in [0.05, 0.1) is 0 Å². The Kier molecular flexibility index (Phi) is 4.54. The van der Waals surface area contributed by atoms with Crippen molar-refractivity contribution in [1.82, 2.24) is 19.8 Å². The Morgan fingerprint density at radius 3 is 2.52 bits per heavy atom. The largest absolute Gasteiger partial charge is 0.358 e. The smallest absolute Gasteiger partial charge is 0.253 e. The molecule has 1 aromatic carbocycles. The lowest BCUT2D eigenvalue weighted by molar-refractivity contribution is -0.137. The van der Waals surface area contributed by atoms with Gasteiger partial charge < -0.3 is 14.8 Å². The van der Waals surface area contributed by atoms with E-state index < -0.39 is 0 Å².